The molecule has 25 heavy (non-hydrogen) atoms. The fourth-order valence-corrected chi connectivity index (χ4v) is 3.66. The Hall–Kier alpha value is -2.64. The zero-order chi connectivity index (χ0) is 17.2. The van der Waals surface area contributed by atoms with Gasteiger partial charge in [-0.15, -0.1) is 0 Å². The van der Waals surface area contributed by atoms with Crippen LogP contribution in [-0.4, -0.2) is 33.4 Å². The molecule has 0 spiro atoms. The Labute approximate surface area is 148 Å². The van der Waals surface area contributed by atoms with E-state index in [2.05, 4.69) is 46.8 Å². The lowest BCUT2D eigenvalue weighted by atomic mass is 10.1. The predicted octanol–water partition coefficient (Wildman–Crippen LogP) is 3.90. The zero-order valence-electron chi connectivity index (χ0n) is 14.5. The number of hydrogen-bond acceptors (Lipinski definition) is 3. The van der Waals surface area contributed by atoms with Crippen molar-refractivity contribution in [3.63, 3.8) is 0 Å². The Morgan fingerprint density at radius 2 is 1.92 bits per heavy atom. The van der Waals surface area contributed by atoms with E-state index in [0.717, 1.165) is 35.4 Å². The Kier molecular flexibility index (Phi) is 4.25. The molecule has 1 aliphatic heterocycles. The standard InChI is InChI=1S/C21H22N4/c1-16-3-2-11-24(16)12-10-20-15-25-14-19(8-9-21(25)23-20)18-6-4-17(13-22)5-7-18/h4-9,14-16H,2-3,10-12H2,1H3/t16-/m1/s1. The number of benzene rings is 1. The zero-order valence-corrected chi connectivity index (χ0v) is 14.5. The van der Waals surface area contributed by atoms with Crippen molar-refractivity contribution in [1.82, 2.24) is 14.3 Å². The van der Waals surface area contributed by atoms with Crippen LogP contribution in [0.4, 0.5) is 0 Å². The maximum atomic E-state index is 8.92. The molecule has 3 heterocycles. The first-order chi connectivity index (χ1) is 12.2. The molecule has 2 aromatic heterocycles. The highest BCUT2D eigenvalue weighted by Crippen LogP contribution is 2.21. The molecule has 0 N–H and O–H groups in total. The molecule has 4 rings (SSSR count). The summed E-state index contributed by atoms with van der Waals surface area (Å²) in [6, 6.07) is 14.7. The summed E-state index contributed by atoms with van der Waals surface area (Å²) in [5, 5.41) is 8.92. The first-order valence-corrected chi connectivity index (χ1v) is 8.95. The predicted molar refractivity (Wildman–Crippen MR) is 99.3 cm³/mol. The summed E-state index contributed by atoms with van der Waals surface area (Å²) < 4.78 is 2.11. The molecule has 0 saturated carbocycles. The molecule has 1 aliphatic rings. The van der Waals surface area contributed by atoms with Gasteiger partial charge in [0.2, 0.25) is 0 Å². The number of rotatable bonds is 4. The molecule has 0 amide bonds. The van der Waals surface area contributed by atoms with Gasteiger partial charge in [0.15, 0.2) is 0 Å². The van der Waals surface area contributed by atoms with Crippen LogP contribution in [0.2, 0.25) is 0 Å². The van der Waals surface area contributed by atoms with E-state index in [-0.39, 0.29) is 0 Å². The lowest BCUT2D eigenvalue weighted by Crippen LogP contribution is -2.29. The van der Waals surface area contributed by atoms with Gasteiger partial charge in [-0.1, -0.05) is 12.1 Å². The number of fused-ring (bicyclic) bond motifs is 1. The van der Waals surface area contributed by atoms with E-state index >= 15 is 0 Å². The van der Waals surface area contributed by atoms with Crippen molar-refractivity contribution in [3.8, 4) is 17.2 Å². The Morgan fingerprint density at radius 3 is 2.64 bits per heavy atom. The van der Waals surface area contributed by atoms with Gasteiger partial charge in [0.05, 0.1) is 17.3 Å². The molecule has 1 saturated heterocycles. The van der Waals surface area contributed by atoms with Crippen molar-refractivity contribution in [2.75, 3.05) is 13.1 Å². The van der Waals surface area contributed by atoms with E-state index in [9.17, 15) is 0 Å². The smallest absolute Gasteiger partial charge is 0.137 e. The van der Waals surface area contributed by atoms with E-state index in [0.29, 0.717) is 11.6 Å². The van der Waals surface area contributed by atoms with E-state index < -0.39 is 0 Å². The molecule has 1 atom stereocenters. The van der Waals surface area contributed by atoms with Gasteiger partial charge in [0.1, 0.15) is 5.65 Å². The van der Waals surface area contributed by atoms with Crippen molar-refractivity contribution in [3.05, 3.63) is 60.0 Å². The maximum Gasteiger partial charge on any atom is 0.137 e. The van der Waals surface area contributed by atoms with Gasteiger partial charge >= 0.3 is 0 Å². The lowest BCUT2D eigenvalue weighted by molar-refractivity contribution is 0.271. The van der Waals surface area contributed by atoms with Gasteiger partial charge in [-0.05, 0) is 61.7 Å². The molecule has 0 aliphatic carbocycles. The summed E-state index contributed by atoms with van der Waals surface area (Å²) in [6.07, 6.45) is 7.90. The molecular formula is C21H22N4. The number of hydrogen-bond donors (Lipinski definition) is 0. The van der Waals surface area contributed by atoms with Crippen LogP contribution in [-0.2, 0) is 6.42 Å². The number of aromatic nitrogens is 2. The van der Waals surface area contributed by atoms with Gasteiger partial charge in [-0.25, -0.2) is 4.98 Å². The fraction of sp³-hybridized carbons (Fsp3) is 0.333. The number of nitriles is 1. The first kappa shape index (κ1) is 15.9. The van der Waals surface area contributed by atoms with Gasteiger partial charge in [0, 0.05) is 31.4 Å². The van der Waals surface area contributed by atoms with Gasteiger partial charge in [-0.3, -0.25) is 0 Å². The molecule has 0 radical (unpaired) electrons. The summed E-state index contributed by atoms with van der Waals surface area (Å²) in [5.41, 5.74) is 5.07. The monoisotopic (exact) mass is 330 g/mol. The van der Waals surface area contributed by atoms with Gasteiger partial charge in [-0.2, -0.15) is 5.26 Å². The molecule has 1 fully saturated rings. The second-order valence-corrected chi connectivity index (χ2v) is 6.88. The minimum atomic E-state index is 0.686. The molecule has 3 aromatic rings. The highest BCUT2D eigenvalue weighted by atomic mass is 15.2. The van der Waals surface area contributed by atoms with Crippen LogP contribution in [0.25, 0.3) is 16.8 Å². The summed E-state index contributed by atoms with van der Waals surface area (Å²) in [5.74, 6) is 0. The third-order valence-electron chi connectivity index (χ3n) is 5.19. The lowest BCUT2D eigenvalue weighted by Gasteiger charge is -2.19. The van der Waals surface area contributed by atoms with E-state index in [4.69, 9.17) is 10.2 Å². The Bertz CT molecular complexity index is 917. The van der Waals surface area contributed by atoms with Crippen molar-refractivity contribution in [1.29, 1.82) is 5.26 Å². The Balaban J connectivity index is 1.53. The molecule has 1 aromatic carbocycles. The highest BCUT2D eigenvalue weighted by molar-refractivity contribution is 5.65. The topological polar surface area (TPSA) is 44.3 Å². The molecular weight excluding hydrogens is 308 g/mol. The quantitative estimate of drug-likeness (QED) is 0.729. The second-order valence-electron chi connectivity index (χ2n) is 6.88. The van der Waals surface area contributed by atoms with Gasteiger partial charge in [0.25, 0.3) is 0 Å². The fourth-order valence-electron chi connectivity index (χ4n) is 3.66. The Morgan fingerprint density at radius 1 is 1.12 bits per heavy atom. The molecule has 4 nitrogen and oxygen atoms in total. The van der Waals surface area contributed by atoms with Crippen molar-refractivity contribution in [2.24, 2.45) is 0 Å². The number of pyridine rings is 1. The minimum absolute atomic E-state index is 0.686. The second kappa shape index (κ2) is 6.70. The molecule has 126 valence electrons. The number of nitrogens with zero attached hydrogens (tertiary/aromatic N) is 4. The van der Waals surface area contributed by atoms with Crippen LogP contribution >= 0.6 is 0 Å². The van der Waals surface area contributed by atoms with Crippen LogP contribution in [0.1, 0.15) is 31.0 Å². The summed E-state index contributed by atoms with van der Waals surface area (Å²) >= 11 is 0. The molecule has 4 heteroatoms. The highest BCUT2D eigenvalue weighted by Gasteiger charge is 2.19. The van der Waals surface area contributed by atoms with Crippen LogP contribution in [0.5, 0.6) is 0 Å². The van der Waals surface area contributed by atoms with E-state index in [1.54, 1.807) is 0 Å². The van der Waals surface area contributed by atoms with E-state index in [1.165, 1.54) is 19.4 Å². The van der Waals surface area contributed by atoms with Gasteiger partial charge < -0.3 is 9.30 Å². The molecule has 0 bridgehead atoms. The average molecular weight is 330 g/mol. The largest absolute Gasteiger partial charge is 0.306 e. The average Bonchev–Trinajstić information content (AvgIpc) is 3.24. The summed E-state index contributed by atoms with van der Waals surface area (Å²) in [6.45, 7) is 4.63. The van der Waals surface area contributed by atoms with E-state index in [1.807, 2.05) is 24.3 Å². The van der Waals surface area contributed by atoms with Crippen molar-refractivity contribution >= 4 is 5.65 Å². The van der Waals surface area contributed by atoms with Crippen molar-refractivity contribution in [2.45, 2.75) is 32.2 Å². The third kappa shape index (κ3) is 3.29. The first-order valence-electron chi connectivity index (χ1n) is 8.95. The van der Waals surface area contributed by atoms with Crippen LogP contribution < -0.4 is 0 Å². The summed E-state index contributed by atoms with van der Waals surface area (Å²) in [7, 11) is 0. The normalized spacial score (nSPS) is 17.8. The van der Waals surface area contributed by atoms with Crippen LogP contribution in [0.15, 0.2) is 48.8 Å². The maximum absolute atomic E-state index is 8.92. The minimum Gasteiger partial charge on any atom is -0.306 e. The van der Waals surface area contributed by atoms with Crippen LogP contribution in [0.3, 0.4) is 0 Å². The van der Waals surface area contributed by atoms with Crippen molar-refractivity contribution < 1.29 is 0 Å². The number of imidazole rings is 1. The van der Waals surface area contributed by atoms with Crippen LogP contribution in [0, 0.1) is 11.3 Å². The molecule has 0 unspecified atom stereocenters. The SMILES string of the molecule is C[C@@H]1CCCN1CCc1cn2cc(-c3ccc(C#N)cc3)ccc2n1. The summed E-state index contributed by atoms with van der Waals surface area (Å²) in [4.78, 5) is 7.32. The third-order valence-corrected chi connectivity index (χ3v) is 5.19. The number of likely N-dealkylation sites (tertiary alicyclic amines) is 1.